The highest BCUT2D eigenvalue weighted by Gasteiger charge is 2.07. The van der Waals surface area contributed by atoms with Gasteiger partial charge in [0.25, 0.3) is 0 Å². The van der Waals surface area contributed by atoms with Crippen LogP contribution in [0.15, 0.2) is 30.5 Å². The van der Waals surface area contributed by atoms with E-state index in [1.807, 2.05) is 30.5 Å². The highest BCUT2D eigenvalue weighted by molar-refractivity contribution is 7.80. The minimum atomic E-state index is -0.180. The normalized spacial score (nSPS) is 10.6. The van der Waals surface area contributed by atoms with Crippen molar-refractivity contribution in [2.45, 2.75) is 19.4 Å². The monoisotopic (exact) mass is 276 g/mol. The van der Waals surface area contributed by atoms with Gasteiger partial charge in [0.1, 0.15) is 4.99 Å². The number of nitrogens with zero attached hydrogens (tertiary/aromatic N) is 1. The second-order valence-electron chi connectivity index (χ2n) is 4.29. The van der Waals surface area contributed by atoms with Crippen LogP contribution in [0, 0.1) is 0 Å². The van der Waals surface area contributed by atoms with Gasteiger partial charge in [-0.1, -0.05) is 24.4 Å². The minimum absolute atomic E-state index is 0.180. The summed E-state index contributed by atoms with van der Waals surface area (Å²) in [7, 11) is 1.40. The predicted molar refractivity (Wildman–Crippen MR) is 79.1 cm³/mol. The Morgan fingerprint density at radius 2 is 2.21 bits per heavy atom. The van der Waals surface area contributed by atoms with Crippen molar-refractivity contribution >= 4 is 34.1 Å². The van der Waals surface area contributed by atoms with Crippen LogP contribution in [0.5, 0.6) is 0 Å². The van der Waals surface area contributed by atoms with Gasteiger partial charge in [-0.3, -0.25) is 4.79 Å². The molecule has 4 nitrogen and oxygen atoms in total. The van der Waals surface area contributed by atoms with Crippen LogP contribution >= 0.6 is 12.2 Å². The van der Waals surface area contributed by atoms with Crippen LogP contribution in [0.25, 0.3) is 10.9 Å². The Labute approximate surface area is 117 Å². The number of rotatable bonds is 5. The molecule has 100 valence electrons. The van der Waals surface area contributed by atoms with Gasteiger partial charge in [-0.25, -0.2) is 0 Å². The van der Waals surface area contributed by atoms with Crippen LogP contribution in [0.3, 0.4) is 0 Å². The predicted octanol–water partition coefficient (Wildman–Crippen LogP) is 2.23. The molecule has 0 aliphatic heterocycles. The average molecular weight is 276 g/mol. The highest BCUT2D eigenvalue weighted by atomic mass is 32.1. The molecule has 19 heavy (non-hydrogen) atoms. The third-order valence-electron chi connectivity index (χ3n) is 3.09. The number of nitrogens with two attached hydrogens (primary N) is 1. The van der Waals surface area contributed by atoms with E-state index in [1.165, 1.54) is 7.11 Å². The smallest absolute Gasteiger partial charge is 0.305 e. The summed E-state index contributed by atoms with van der Waals surface area (Å²) < 4.78 is 6.72. The van der Waals surface area contributed by atoms with Crippen molar-refractivity contribution in [2.24, 2.45) is 5.73 Å². The first-order valence-electron chi connectivity index (χ1n) is 6.08. The summed E-state index contributed by atoms with van der Waals surface area (Å²) in [6.07, 6.45) is 3.16. The maximum absolute atomic E-state index is 11.1. The maximum Gasteiger partial charge on any atom is 0.305 e. The van der Waals surface area contributed by atoms with Crippen LogP contribution in [-0.2, 0) is 16.1 Å². The molecule has 2 rings (SSSR count). The number of ether oxygens (including phenoxy) is 1. The molecule has 2 aromatic rings. The van der Waals surface area contributed by atoms with Crippen molar-refractivity contribution in [2.75, 3.05) is 7.11 Å². The molecule has 0 bridgehead atoms. The van der Waals surface area contributed by atoms with Crippen LogP contribution in [0.2, 0.25) is 0 Å². The lowest BCUT2D eigenvalue weighted by Crippen LogP contribution is -2.09. The van der Waals surface area contributed by atoms with Gasteiger partial charge in [-0.15, -0.1) is 0 Å². The van der Waals surface area contributed by atoms with E-state index in [0.29, 0.717) is 11.4 Å². The fourth-order valence-electron chi connectivity index (χ4n) is 2.13. The van der Waals surface area contributed by atoms with E-state index in [2.05, 4.69) is 9.30 Å². The van der Waals surface area contributed by atoms with Gasteiger partial charge in [0.15, 0.2) is 0 Å². The molecule has 1 heterocycles. The van der Waals surface area contributed by atoms with E-state index in [-0.39, 0.29) is 5.97 Å². The van der Waals surface area contributed by atoms with Crippen LogP contribution in [0.1, 0.15) is 18.4 Å². The number of esters is 1. The lowest BCUT2D eigenvalue weighted by atomic mass is 10.1. The number of hydrogen-bond donors (Lipinski definition) is 1. The number of carbonyl (C=O) groups excluding carboxylic acids is 1. The molecule has 0 aliphatic carbocycles. The summed E-state index contributed by atoms with van der Waals surface area (Å²) in [4.78, 5) is 11.5. The highest BCUT2D eigenvalue weighted by Crippen LogP contribution is 2.20. The van der Waals surface area contributed by atoms with Crippen molar-refractivity contribution < 1.29 is 9.53 Å². The maximum atomic E-state index is 11.1. The second kappa shape index (κ2) is 5.84. The van der Waals surface area contributed by atoms with Gasteiger partial charge in [-0.05, 0) is 18.6 Å². The Morgan fingerprint density at radius 1 is 1.42 bits per heavy atom. The Bertz CT molecular complexity index is 619. The number of fused-ring (bicyclic) bond motifs is 1. The van der Waals surface area contributed by atoms with Crippen LogP contribution in [0.4, 0.5) is 0 Å². The number of thiocarbonyl (C=S) groups is 1. The average Bonchev–Trinajstić information content (AvgIpc) is 2.81. The summed E-state index contributed by atoms with van der Waals surface area (Å²) in [5.74, 6) is -0.180. The molecule has 0 fully saturated rings. The quantitative estimate of drug-likeness (QED) is 0.672. The molecule has 0 atom stereocenters. The van der Waals surface area contributed by atoms with Gasteiger partial charge in [0.05, 0.1) is 7.11 Å². The Morgan fingerprint density at radius 3 is 2.89 bits per heavy atom. The molecule has 0 saturated heterocycles. The molecule has 0 saturated carbocycles. The second-order valence-corrected chi connectivity index (χ2v) is 4.73. The molecular weight excluding hydrogens is 260 g/mol. The zero-order valence-electron chi connectivity index (χ0n) is 10.8. The first kappa shape index (κ1) is 13.5. The topological polar surface area (TPSA) is 57.2 Å². The summed E-state index contributed by atoms with van der Waals surface area (Å²) >= 11 is 5.04. The van der Waals surface area contributed by atoms with E-state index < -0.39 is 0 Å². The number of hydrogen-bond acceptors (Lipinski definition) is 3. The SMILES string of the molecule is COC(=O)CCCn1ccc2c(C(N)=S)cccc21. The van der Waals surface area contributed by atoms with E-state index in [4.69, 9.17) is 18.0 Å². The summed E-state index contributed by atoms with van der Waals surface area (Å²) in [5.41, 5.74) is 7.67. The van der Waals surface area contributed by atoms with E-state index in [1.54, 1.807) is 0 Å². The molecule has 1 aromatic carbocycles. The summed E-state index contributed by atoms with van der Waals surface area (Å²) in [6.45, 7) is 0.763. The Balaban J connectivity index is 2.19. The van der Waals surface area contributed by atoms with Gasteiger partial charge >= 0.3 is 5.97 Å². The van der Waals surface area contributed by atoms with Gasteiger partial charge in [0.2, 0.25) is 0 Å². The third kappa shape index (κ3) is 2.93. The molecule has 2 N–H and O–H groups in total. The lowest BCUT2D eigenvalue weighted by Gasteiger charge is -2.06. The van der Waals surface area contributed by atoms with E-state index >= 15 is 0 Å². The molecule has 1 aromatic heterocycles. The zero-order valence-corrected chi connectivity index (χ0v) is 11.6. The fourth-order valence-corrected chi connectivity index (χ4v) is 2.31. The number of benzene rings is 1. The Hall–Kier alpha value is -1.88. The van der Waals surface area contributed by atoms with E-state index in [0.717, 1.165) is 29.4 Å². The molecule has 0 radical (unpaired) electrons. The number of aromatic nitrogens is 1. The van der Waals surface area contributed by atoms with E-state index in [9.17, 15) is 4.79 Å². The minimum Gasteiger partial charge on any atom is -0.469 e. The molecule has 5 heteroatoms. The third-order valence-corrected chi connectivity index (χ3v) is 3.31. The van der Waals surface area contributed by atoms with Crippen molar-refractivity contribution in [1.29, 1.82) is 0 Å². The molecule has 0 aliphatic rings. The number of carbonyl (C=O) groups is 1. The summed E-state index contributed by atoms with van der Waals surface area (Å²) in [6, 6.07) is 7.88. The standard InChI is InChI=1S/C14H16N2O2S/c1-18-13(17)6-3-8-16-9-7-10-11(14(15)19)4-2-5-12(10)16/h2,4-5,7,9H,3,6,8H2,1H3,(H2,15,19). The first-order chi connectivity index (χ1) is 9.13. The molecule has 0 unspecified atom stereocenters. The van der Waals surface area contributed by atoms with Gasteiger partial charge in [0, 0.05) is 35.6 Å². The molecular formula is C14H16N2O2S. The van der Waals surface area contributed by atoms with Gasteiger partial charge in [-0.2, -0.15) is 0 Å². The van der Waals surface area contributed by atoms with Crippen molar-refractivity contribution in [3.05, 3.63) is 36.0 Å². The lowest BCUT2D eigenvalue weighted by molar-refractivity contribution is -0.140. The first-order valence-corrected chi connectivity index (χ1v) is 6.49. The number of methoxy groups -OCH3 is 1. The van der Waals surface area contributed by atoms with Crippen molar-refractivity contribution in [3.63, 3.8) is 0 Å². The summed E-state index contributed by atoms with van der Waals surface area (Å²) in [5, 5.41) is 1.05. The number of aryl methyl sites for hydroxylation is 1. The Kier molecular flexibility index (Phi) is 4.16. The van der Waals surface area contributed by atoms with Crippen molar-refractivity contribution in [3.8, 4) is 0 Å². The van der Waals surface area contributed by atoms with Gasteiger partial charge < -0.3 is 15.0 Å². The zero-order chi connectivity index (χ0) is 13.8. The fraction of sp³-hybridized carbons (Fsp3) is 0.286. The van der Waals surface area contributed by atoms with Crippen LogP contribution in [-0.4, -0.2) is 22.6 Å². The van der Waals surface area contributed by atoms with Crippen molar-refractivity contribution in [1.82, 2.24) is 4.57 Å². The molecule has 0 spiro atoms. The van der Waals surface area contributed by atoms with Crippen LogP contribution < -0.4 is 5.73 Å². The largest absolute Gasteiger partial charge is 0.469 e. The molecule has 0 amide bonds.